The minimum absolute atomic E-state index is 0.194. The molecule has 0 unspecified atom stereocenters. The third kappa shape index (κ3) is 4.47. The van der Waals surface area contributed by atoms with Gasteiger partial charge in [0.15, 0.2) is 0 Å². The summed E-state index contributed by atoms with van der Waals surface area (Å²) in [6, 6.07) is 13.5. The van der Waals surface area contributed by atoms with Crippen molar-refractivity contribution in [1.82, 2.24) is 9.80 Å². The molecule has 0 atom stereocenters. The van der Waals surface area contributed by atoms with E-state index in [0.29, 0.717) is 17.9 Å². The van der Waals surface area contributed by atoms with E-state index in [0.717, 1.165) is 44.0 Å². The van der Waals surface area contributed by atoms with E-state index in [1.165, 1.54) is 0 Å². The van der Waals surface area contributed by atoms with E-state index in [1.807, 2.05) is 30.3 Å². The number of nitriles is 1. The molecule has 25 heavy (non-hydrogen) atoms. The molecule has 1 aromatic carbocycles. The van der Waals surface area contributed by atoms with Gasteiger partial charge in [0.2, 0.25) is 0 Å². The van der Waals surface area contributed by atoms with Gasteiger partial charge in [-0.15, -0.1) is 0 Å². The van der Waals surface area contributed by atoms with Gasteiger partial charge in [-0.2, -0.15) is 5.26 Å². The summed E-state index contributed by atoms with van der Waals surface area (Å²) >= 11 is 0. The lowest BCUT2D eigenvalue weighted by atomic mass is 10.1. The summed E-state index contributed by atoms with van der Waals surface area (Å²) in [5.74, 6) is 0.845. The maximum absolute atomic E-state index is 10.6. The molecule has 0 radical (unpaired) electrons. The molecule has 0 bridgehead atoms. The van der Waals surface area contributed by atoms with Gasteiger partial charge >= 0.3 is 5.97 Å². The normalized spacial score (nSPS) is 15.8. The van der Waals surface area contributed by atoms with Crippen LogP contribution in [0.4, 0.5) is 0 Å². The maximum atomic E-state index is 10.6. The van der Waals surface area contributed by atoms with Gasteiger partial charge in [0.05, 0.1) is 24.6 Å². The fourth-order valence-corrected chi connectivity index (χ4v) is 3.05. The number of carboxylic acids is 1. The van der Waals surface area contributed by atoms with Crippen LogP contribution in [0.1, 0.15) is 17.7 Å². The summed E-state index contributed by atoms with van der Waals surface area (Å²) in [5, 5.41) is 18.0. The number of hydrogen-bond donors (Lipinski definition) is 1. The molecule has 1 aliphatic rings. The third-order valence-electron chi connectivity index (χ3n) is 4.46. The molecule has 3 rings (SSSR count). The first kappa shape index (κ1) is 17.2. The number of piperazine rings is 1. The first-order chi connectivity index (χ1) is 12.2. The van der Waals surface area contributed by atoms with E-state index in [4.69, 9.17) is 9.52 Å². The summed E-state index contributed by atoms with van der Waals surface area (Å²) < 4.78 is 5.94. The zero-order valence-corrected chi connectivity index (χ0v) is 14.0. The highest BCUT2D eigenvalue weighted by Crippen LogP contribution is 2.26. The smallest absolute Gasteiger partial charge is 0.304 e. The number of nitrogens with zero attached hydrogens (tertiary/aromatic N) is 3. The highest BCUT2D eigenvalue weighted by atomic mass is 16.4. The molecule has 1 saturated heterocycles. The largest absolute Gasteiger partial charge is 0.481 e. The summed E-state index contributed by atoms with van der Waals surface area (Å²) in [6.07, 6.45) is 0.194. The SMILES string of the molecule is N#Cc1ccccc1-c1ccc(CN2CCN(CCC(=O)O)CC2)o1. The molecule has 2 aromatic rings. The van der Waals surface area contributed by atoms with Crippen molar-refractivity contribution >= 4 is 5.97 Å². The van der Waals surface area contributed by atoms with Crippen molar-refractivity contribution in [1.29, 1.82) is 5.26 Å². The Hall–Kier alpha value is -2.62. The number of aliphatic carboxylic acids is 1. The van der Waals surface area contributed by atoms with Crippen LogP contribution in [-0.4, -0.2) is 53.6 Å². The molecule has 1 aromatic heterocycles. The van der Waals surface area contributed by atoms with Crippen molar-refractivity contribution in [3.8, 4) is 17.4 Å². The van der Waals surface area contributed by atoms with Crippen LogP contribution in [0.5, 0.6) is 0 Å². The van der Waals surface area contributed by atoms with Crippen molar-refractivity contribution in [3.05, 3.63) is 47.7 Å². The average molecular weight is 339 g/mol. The fourth-order valence-electron chi connectivity index (χ4n) is 3.05. The van der Waals surface area contributed by atoms with E-state index in [9.17, 15) is 10.1 Å². The van der Waals surface area contributed by atoms with Gasteiger partial charge in [-0.05, 0) is 24.3 Å². The van der Waals surface area contributed by atoms with Crippen LogP contribution in [0.2, 0.25) is 0 Å². The number of carboxylic acid groups (broad SMARTS) is 1. The molecule has 6 heteroatoms. The molecule has 0 aliphatic carbocycles. The van der Waals surface area contributed by atoms with Gasteiger partial charge in [0.1, 0.15) is 11.5 Å². The van der Waals surface area contributed by atoms with Crippen molar-refractivity contribution in [2.24, 2.45) is 0 Å². The van der Waals surface area contributed by atoms with E-state index < -0.39 is 5.97 Å². The summed E-state index contributed by atoms with van der Waals surface area (Å²) in [5.41, 5.74) is 1.42. The van der Waals surface area contributed by atoms with E-state index >= 15 is 0 Å². The third-order valence-corrected chi connectivity index (χ3v) is 4.46. The lowest BCUT2D eigenvalue weighted by Crippen LogP contribution is -2.46. The lowest BCUT2D eigenvalue weighted by Gasteiger charge is -2.33. The molecule has 1 aliphatic heterocycles. The highest BCUT2D eigenvalue weighted by Gasteiger charge is 2.19. The zero-order chi connectivity index (χ0) is 17.6. The quantitative estimate of drug-likeness (QED) is 0.870. The Labute approximate surface area is 146 Å². The molecule has 1 N–H and O–H groups in total. The minimum atomic E-state index is -0.747. The van der Waals surface area contributed by atoms with Gasteiger partial charge in [0, 0.05) is 38.3 Å². The minimum Gasteiger partial charge on any atom is -0.481 e. The van der Waals surface area contributed by atoms with Crippen LogP contribution in [0, 0.1) is 11.3 Å². The van der Waals surface area contributed by atoms with Crippen LogP contribution >= 0.6 is 0 Å². The number of hydrogen-bond acceptors (Lipinski definition) is 5. The lowest BCUT2D eigenvalue weighted by molar-refractivity contribution is -0.137. The van der Waals surface area contributed by atoms with Gasteiger partial charge < -0.3 is 14.4 Å². The van der Waals surface area contributed by atoms with Crippen molar-refractivity contribution in [2.75, 3.05) is 32.7 Å². The topological polar surface area (TPSA) is 80.7 Å². The summed E-state index contributed by atoms with van der Waals surface area (Å²) in [4.78, 5) is 15.1. The van der Waals surface area contributed by atoms with E-state index in [2.05, 4.69) is 15.9 Å². The maximum Gasteiger partial charge on any atom is 0.304 e. The Bertz CT molecular complexity index is 770. The Morgan fingerprint density at radius 2 is 1.84 bits per heavy atom. The molecule has 130 valence electrons. The Morgan fingerprint density at radius 3 is 2.56 bits per heavy atom. The number of furan rings is 1. The van der Waals surface area contributed by atoms with Crippen LogP contribution in [0.3, 0.4) is 0 Å². The molecule has 0 amide bonds. The zero-order valence-electron chi connectivity index (χ0n) is 14.0. The van der Waals surface area contributed by atoms with Crippen molar-refractivity contribution in [3.63, 3.8) is 0 Å². The Morgan fingerprint density at radius 1 is 1.12 bits per heavy atom. The fraction of sp³-hybridized carbons (Fsp3) is 0.368. The van der Waals surface area contributed by atoms with E-state index in [1.54, 1.807) is 6.07 Å². The molecule has 0 saturated carbocycles. The molecule has 1 fully saturated rings. The van der Waals surface area contributed by atoms with E-state index in [-0.39, 0.29) is 6.42 Å². The monoisotopic (exact) mass is 339 g/mol. The standard InChI is InChI=1S/C19H21N3O3/c20-13-15-3-1-2-4-17(15)18-6-5-16(25-18)14-22-11-9-21(10-12-22)8-7-19(23)24/h1-6H,7-12,14H2,(H,23,24). The summed E-state index contributed by atoms with van der Waals surface area (Å²) in [6.45, 7) is 4.87. The van der Waals surface area contributed by atoms with Crippen LogP contribution < -0.4 is 0 Å². The first-order valence-electron chi connectivity index (χ1n) is 8.40. The van der Waals surface area contributed by atoms with Gasteiger partial charge in [0.25, 0.3) is 0 Å². The number of carbonyl (C=O) groups is 1. The predicted molar refractivity (Wildman–Crippen MR) is 92.8 cm³/mol. The van der Waals surface area contributed by atoms with Crippen LogP contribution in [0.25, 0.3) is 11.3 Å². The second-order valence-corrected chi connectivity index (χ2v) is 6.18. The Balaban J connectivity index is 1.56. The van der Waals surface area contributed by atoms with Gasteiger partial charge in [-0.1, -0.05) is 12.1 Å². The van der Waals surface area contributed by atoms with Gasteiger partial charge in [-0.25, -0.2) is 0 Å². The predicted octanol–water partition coefficient (Wildman–Crippen LogP) is 2.41. The second-order valence-electron chi connectivity index (χ2n) is 6.18. The highest BCUT2D eigenvalue weighted by molar-refractivity contribution is 5.67. The molecule has 0 spiro atoms. The molecular formula is C19H21N3O3. The van der Waals surface area contributed by atoms with Crippen LogP contribution in [-0.2, 0) is 11.3 Å². The van der Waals surface area contributed by atoms with Crippen molar-refractivity contribution in [2.45, 2.75) is 13.0 Å². The van der Waals surface area contributed by atoms with Crippen molar-refractivity contribution < 1.29 is 14.3 Å². The molecule has 6 nitrogen and oxygen atoms in total. The number of rotatable bonds is 6. The second kappa shape index (κ2) is 7.97. The Kier molecular flexibility index (Phi) is 5.49. The molecule has 2 heterocycles. The average Bonchev–Trinajstić information content (AvgIpc) is 3.09. The summed E-state index contributed by atoms with van der Waals surface area (Å²) in [7, 11) is 0. The number of benzene rings is 1. The molecular weight excluding hydrogens is 318 g/mol. The van der Waals surface area contributed by atoms with Gasteiger partial charge in [-0.3, -0.25) is 9.69 Å². The first-order valence-corrected chi connectivity index (χ1v) is 8.40. The van der Waals surface area contributed by atoms with Crippen LogP contribution in [0.15, 0.2) is 40.8 Å².